The number of aryl methyl sites for hydroxylation is 2. The Balaban J connectivity index is 1.62. The first-order chi connectivity index (χ1) is 17.8. The zero-order chi connectivity index (χ0) is 26.3. The highest BCUT2D eigenvalue weighted by Gasteiger charge is 2.46. The normalized spacial score (nSPS) is 20.2. The second-order valence-corrected chi connectivity index (χ2v) is 9.23. The van der Waals surface area contributed by atoms with E-state index in [1.54, 1.807) is 17.5 Å². The van der Waals surface area contributed by atoms with Crippen molar-refractivity contribution in [2.75, 3.05) is 39.4 Å². The van der Waals surface area contributed by atoms with Gasteiger partial charge in [0, 0.05) is 44.5 Å². The van der Waals surface area contributed by atoms with Crippen LogP contribution >= 0.6 is 0 Å². The van der Waals surface area contributed by atoms with Gasteiger partial charge in [0.15, 0.2) is 5.76 Å². The largest absolute Gasteiger partial charge is 0.505 e. The predicted octanol–water partition coefficient (Wildman–Crippen LogP) is 2.61. The number of imidazole rings is 1. The molecule has 2 fully saturated rings. The van der Waals surface area contributed by atoms with E-state index in [4.69, 9.17) is 4.74 Å². The number of aliphatic hydroxyl groups is 1. The molecule has 4 heterocycles. The lowest BCUT2D eigenvalue weighted by Gasteiger charge is -2.31. The van der Waals surface area contributed by atoms with Crippen molar-refractivity contribution in [1.82, 2.24) is 19.2 Å². The molecule has 11 heteroatoms. The van der Waals surface area contributed by atoms with Gasteiger partial charge in [0.05, 0.1) is 35.4 Å². The number of nitro benzene ring substituents is 1. The fraction of sp³-hybridized carbons (Fsp3) is 0.346. The number of ketones is 1. The standard InChI is InChI=1S/C26H27N5O6/c1-16-4-3-9-29-21(17(2)27-25(16)29)23(32)20-22(18-5-7-19(8-6-18)31(35)36)30(26(34)24(20)33)11-10-28-12-14-37-15-13-28/h3-9,22,32H,10-15H2,1-2H3/b23-20+/t22-/m0/s1. The Morgan fingerprint density at radius 3 is 2.51 bits per heavy atom. The van der Waals surface area contributed by atoms with Crippen LogP contribution in [0.3, 0.4) is 0 Å². The van der Waals surface area contributed by atoms with Gasteiger partial charge in [-0.1, -0.05) is 6.07 Å². The number of hydrogen-bond acceptors (Lipinski definition) is 8. The highest BCUT2D eigenvalue weighted by molar-refractivity contribution is 6.46. The smallest absolute Gasteiger partial charge is 0.295 e. The molecule has 1 atom stereocenters. The van der Waals surface area contributed by atoms with Crippen LogP contribution < -0.4 is 0 Å². The summed E-state index contributed by atoms with van der Waals surface area (Å²) < 4.78 is 7.10. The molecule has 0 unspecified atom stereocenters. The number of morpholine rings is 1. The Hall–Kier alpha value is -4.09. The van der Waals surface area contributed by atoms with Crippen LogP contribution in [0.25, 0.3) is 11.4 Å². The van der Waals surface area contributed by atoms with Gasteiger partial charge < -0.3 is 14.7 Å². The molecule has 0 bridgehead atoms. The number of ether oxygens (including phenoxy) is 1. The van der Waals surface area contributed by atoms with Crippen molar-refractivity contribution in [3.8, 4) is 0 Å². The number of carbonyl (C=O) groups excluding carboxylic acids is 2. The lowest BCUT2D eigenvalue weighted by atomic mass is 9.96. The molecule has 0 radical (unpaired) electrons. The summed E-state index contributed by atoms with van der Waals surface area (Å²) in [6, 6.07) is 8.52. The second-order valence-electron chi connectivity index (χ2n) is 9.23. The zero-order valence-corrected chi connectivity index (χ0v) is 20.6. The molecule has 1 aromatic carbocycles. The summed E-state index contributed by atoms with van der Waals surface area (Å²) in [7, 11) is 0. The average Bonchev–Trinajstić information content (AvgIpc) is 3.37. The molecule has 11 nitrogen and oxygen atoms in total. The summed E-state index contributed by atoms with van der Waals surface area (Å²) in [4.78, 5) is 45.5. The number of nitro groups is 1. The highest BCUT2D eigenvalue weighted by Crippen LogP contribution is 2.40. The van der Waals surface area contributed by atoms with Gasteiger partial charge in [0.25, 0.3) is 17.4 Å². The quantitative estimate of drug-likeness (QED) is 0.178. The molecule has 1 amide bonds. The first-order valence-electron chi connectivity index (χ1n) is 12.1. The number of rotatable bonds is 6. The third kappa shape index (κ3) is 4.36. The number of aromatic nitrogens is 2. The molecule has 5 rings (SSSR count). The summed E-state index contributed by atoms with van der Waals surface area (Å²) in [6.07, 6.45) is 1.74. The van der Waals surface area contributed by atoms with Crippen LogP contribution in [0.2, 0.25) is 0 Å². The molecule has 2 aromatic heterocycles. The number of hydrogen-bond donors (Lipinski definition) is 1. The maximum atomic E-state index is 13.4. The molecule has 2 aliphatic heterocycles. The molecule has 2 aliphatic rings. The van der Waals surface area contributed by atoms with Gasteiger partial charge in [0.2, 0.25) is 0 Å². The summed E-state index contributed by atoms with van der Waals surface area (Å²) in [5.74, 6) is -1.85. The molecule has 2 saturated heterocycles. The van der Waals surface area contributed by atoms with Crippen LogP contribution in [-0.2, 0) is 14.3 Å². The maximum absolute atomic E-state index is 13.4. The average molecular weight is 506 g/mol. The van der Waals surface area contributed by atoms with Crippen molar-refractivity contribution in [2.45, 2.75) is 19.9 Å². The molecule has 0 aliphatic carbocycles. The number of amides is 1. The molecular weight excluding hydrogens is 478 g/mol. The molecule has 3 aromatic rings. The van der Waals surface area contributed by atoms with Gasteiger partial charge in [-0.15, -0.1) is 0 Å². The van der Waals surface area contributed by atoms with E-state index in [0.717, 1.165) is 5.56 Å². The molecule has 0 saturated carbocycles. The van der Waals surface area contributed by atoms with E-state index in [1.165, 1.54) is 29.2 Å². The van der Waals surface area contributed by atoms with Gasteiger partial charge in [-0.25, -0.2) is 4.98 Å². The van der Waals surface area contributed by atoms with Gasteiger partial charge in [-0.05, 0) is 43.2 Å². The fourth-order valence-electron chi connectivity index (χ4n) is 5.04. The van der Waals surface area contributed by atoms with E-state index in [9.17, 15) is 24.8 Å². The molecule has 37 heavy (non-hydrogen) atoms. The molecular formula is C26H27N5O6. The number of pyridine rings is 1. The number of non-ortho nitro benzene ring substituents is 1. The third-order valence-electron chi connectivity index (χ3n) is 6.96. The Kier molecular flexibility index (Phi) is 6.48. The van der Waals surface area contributed by atoms with Gasteiger partial charge in [-0.3, -0.25) is 29.0 Å². The lowest BCUT2D eigenvalue weighted by Crippen LogP contribution is -2.42. The van der Waals surface area contributed by atoms with E-state index in [1.807, 2.05) is 19.1 Å². The molecule has 1 N–H and O–H groups in total. The van der Waals surface area contributed by atoms with Crippen molar-refractivity contribution < 1.29 is 24.4 Å². The molecule has 192 valence electrons. The van der Waals surface area contributed by atoms with Crippen LogP contribution in [0.5, 0.6) is 0 Å². The van der Waals surface area contributed by atoms with Crippen LogP contribution in [0, 0.1) is 24.0 Å². The summed E-state index contributed by atoms with van der Waals surface area (Å²) >= 11 is 0. The van der Waals surface area contributed by atoms with Crippen LogP contribution in [0.15, 0.2) is 48.2 Å². The SMILES string of the molecule is Cc1nc2c(C)cccn2c1/C(O)=C1\C(=O)C(=O)N(CCN2CCOCC2)[C@H]1c1ccc([N+](=O)[O-])cc1. The van der Waals surface area contributed by atoms with E-state index in [-0.39, 0.29) is 23.6 Å². The van der Waals surface area contributed by atoms with Crippen LogP contribution in [-0.4, -0.2) is 80.3 Å². The summed E-state index contributed by atoms with van der Waals surface area (Å²) in [5, 5.41) is 22.8. The minimum absolute atomic E-state index is 0.0627. The monoisotopic (exact) mass is 505 g/mol. The van der Waals surface area contributed by atoms with Gasteiger partial charge in [0.1, 0.15) is 11.3 Å². The highest BCUT2D eigenvalue weighted by atomic mass is 16.6. The Morgan fingerprint density at radius 1 is 1.14 bits per heavy atom. The lowest BCUT2D eigenvalue weighted by molar-refractivity contribution is -0.384. The maximum Gasteiger partial charge on any atom is 0.295 e. The van der Waals surface area contributed by atoms with Crippen LogP contribution in [0.4, 0.5) is 5.69 Å². The number of carbonyl (C=O) groups is 2. The third-order valence-corrected chi connectivity index (χ3v) is 6.96. The number of nitrogens with zero attached hydrogens (tertiary/aromatic N) is 5. The second kappa shape index (κ2) is 9.75. The predicted molar refractivity (Wildman–Crippen MR) is 134 cm³/mol. The number of likely N-dealkylation sites (tertiary alicyclic amines) is 1. The number of Topliss-reactive ketones (excluding diaryl/α,β-unsaturated/α-hetero) is 1. The van der Waals surface area contributed by atoms with E-state index < -0.39 is 22.7 Å². The number of fused-ring (bicyclic) bond motifs is 1. The van der Waals surface area contributed by atoms with E-state index in [2.05, 4.69) is 9.88 Å². The minimum Gasteiger partial charge on any atom is -0.505 e. The van der Waals surface area contributed by atoms with Gasteiger partial charge >= 0.3 is 0 Å². The Bertz CT molecular complexity index is 1420. The first kappa shape index (κ1) is 24.6. The van der Waals surface area contributed by atoms with Gasteiger partial charge in [-0.2, -0.15) is 0 Å². The van der Waals surface area contributed by atoms with Crippen molar-refractivity contribution in [1.29, 1.82) is 0 Å². The van der Waals surface area contributed by atoms with Crippen molar-refractivity contribution in [3.05, 3.63) is 80.8 Å². The molecule has 0 spiro atoms. The zero-order valence-electron chi connectivity index (χ0n) is 20.6. The van der Waals surface area contributed by atoms with Crippen LogP contribution in [0.1, 0.15) is 28.6 Å². The fourth-order valence-corrected chi connectivity index (χ4v) is 5.04. The Morgan fingerprint density at radius 2 is 1.84 bits per heavy atom. The van der Waals surface area contributed by atoms with Crippen molar-refractivity contribution in [2.24, 2.45) is 0 Å². The summed E-state index contributed by atoms with van der Waals surface area (Å²) in [5.41, 5.74) is 2.69. The first-order valence-corrected chi connectivity index (χ1v) is 12.1. The summed E-state index contributed by atoms with van der Waals surface area (Å²) in [6.45, 7) is 7.01. The van der Waals surface area contributed by atoms with E-state index >= 15 is 0 Å². The Labute approximate surface area is 212 Å². The van der Waals surface area contributed by atoms with Crippen molar-refractivity contribution in [3.63, 3.8) is 0 Å². The number of benzene rings is 1. The topological polar surface area (TPSA) is 131 Å². The van der Waals surface area contributed by atoms with Crippen molar-refractivity contribution >= 4 is 28.8 Å². The number of aliphatic hydroxyl groups excluding tert-OH is 1. The van der Waals surface area contributed by atoms with E-state index in [0.29, 0.717) is 55.4 Å². The minimum atomic E-state index is -0.906.